The van der Waals surface area contributed by atoms with Gasteiger partial charge in [0.1, 0.15) is 23.0 Å². The van der Waals surface area contributed by atoms with Gasteiger partial charge in [-0.1, -0.05) is 12.1 Å². The fraction of sp³-hybridized carbons (Fsp3) is 0.294. The Bertz CT molecular complexity index is 1030. The highest BCUT2D eigenvalue weighted by Crippen LogP contribution is 2.35. The van der Waals surface area contributed by atoms with Crippen LogP contribution in [0.2, 0.25) is 0 Å². The van der Waals surface area contributed by atoms with E-state index in [9.17, 15) is 14.7 Å². The number of aryl methyl sites for hydroxylation is 1. The quantitative estimate of drug-likeness (QED) is 0.646. The number of furan rings is 1. The van der Waals surface area contributed by atoms with Gasteiger partial charge in [0.2, 0.25) is 0 Å². The number of urea groups is 1. The summed E-state index contributed by atoms with van der Waals surface area (Å²) in [6.45, 7) is 2.01. The molecule has 26 heavy (non-hydrogen) atoms. The van der Waals surface area contributed by atoms with Gasteiger partial charge >= 0.3 is 12.0 Å². The average molecular weight is 355 g/mol. The number of hydrogen-bond acceptors (Lipinski definition) is 6. The third-order valence-corrected chi connectivity index (χ3v) is 4.52. The maximum Gasteiger partial charge on any atom is 0.326 e. The summed E-state index contributed by atoms with van der Waals surface area (Å²) in [5, 5.41) is 13.0. The molecule has 1 fully saturated rings. The van der Waals surface area contributed by atoms with Crippen LogP contribution in [0.3, 0.4) is 0 Å². The van der Waals surface area contributed by atoms with Gasteiger partial charge in [-0.25, -0.2) is 19.6 Å². The monoisotopic (exact) mass is 355 g/mol. The fourth-order valence-corrected chi connectivity index (χ4v) is 3.49. The number of amides is 2. The number of carboxylic acids is 1. The van der Waals surface area contributed by atoms with E-state index in [1.54, 1.807) is 11.8 Å². The second-order valence-corrected chi connectivity index (χ2v) is 6.32. The van der Waals surface area contributed by atoms with Crippen LogP contribution in [-0.2, 0) is 4.79 Å². The van der Waals surface area contributed by atoms with Crippen molar-refractivity contribution in [2.45, 2.75) is 25.4 Å². The molecular formula is C17H17N5O4. The van der Waals surface area contributed by atoms with Crippen molar-refractivity contribution in [3.63, 3.8) is 0 Å². The Morgan fingerprint density at radius 1 is 1.35 bits per heavy atom. The maximum atomic E-state index is 11.8. The van der Waals surface area contributed by atoms with Gasteiger partial charge in [-0.05, 0) is 19.1 Å². The van der Waals surface area contributed by atoms with E-state index in [1.165, 1.54) is 0 Å². The van der Waals surface area contributed by atoms with Crippen LogP contribution in [0.15, 0.2) is 28.7 Å². The van der Waals surface area contributed by atoms with Gasteiger partial charge < -0.3 is 25.5 Å². The highest BCUT2D eigenvalue weighted by molar-refractivity contribution is 6.06. The molecule has 0 aliphatic carbocycles. The molecule has 1 saturated heterocycles. The summed E-state index contributed by atoms with van der Waals surface area (Å²) in [5.41, 5.74) is 6.91. The van der Waals surface area contributed by atoms with Crippen LogP contribution in [0, 0.1) is 6.92 Å². The van der Waals surface area contributed by atoms with Crippen molar-refractivity contribution in [3.8, 4) is 0 Å². The number of primary amides is 1. The minimum atomic E-state index is -1.00. The van der Waals surface area contributed by atoms with Crippen molar-refractivity contribution < 1.29 is 19.1 Å². The Kier molecular flexibility index (Phi) is 3.64. The Labute approximate surface area is 147 Å². The molecule has 0 unspecified atom stereocenters. The van der Waals surface area contributed by atoms with E-state index in [2.05, 4.69) is 15.3 Å². The maximum absolute atomic E-state index is 11.8. The largest absolute Gasteiger partial charge is 0.480 e. The Morgan fingerprint density at radius 3 is 2.85 bits per heavy atom. The van der Waals surface area contributed by atoms with Gasteiger partial charge in [-0.3, -0.25) is 0 Å². The number of fused-ring (bicyclic) bond motifs is 3. The van der Waals surface area contributed by atoms with Gasteiger partial charge in [0.25, 0.3) is 0 Å². The smallest absolute Gasteiger partial charge is 0.326 e. The van der Waals surface area contributed by atoms with Crippen LogP contribution < -0.4 is 16.0 Å². The second-order valence-electron chi connectivity index (χ2n) is 6.32. The molecule has 3 heterocycles. The molecule has 3 aromatic rings. The molecule has 2 aromatic heterocycles. The summed E-state index contributed by atoms with van der Waals surface area (Å²) >= 11 is 0. The lowest BCUT2D eigenvalue weighted by atomic mass is 10.2. The predicted molar refractivity (Wildman–Crippen MR) is 93.9 cm³/mol. The van der Waals surface area contributed by atoms with E-state index in [0.29, 0.717) is 28.3 Å². The Hall–Kier alpha value is -3.36. The number of carboxylic acid groups (broad SMARTS) is 1. The molecule has 9 nitrogen and oxygen atoms in total. The molecule has 0 spiro atoms. The zero-order valence-corrected chi connectivity index (χ0v) is 14.0. The number of carbonyl (C=O) groups excluding carboxylic acids is 1. The highest BCUT2D eigenvalue weighted by atomic mass is 16.4. The average Bonchev–Trinajstić information content (AvgIpc) is 3.15. The lowest BCUT2D eigenvalue weighted by molar-refractivity contribution is -0.138. The van der Waals surface area contributed by atoms with E-state index in [4.69, 9.17) is 10.2 Å². The number of carbonyl (C=O) groups is 2. The fourth-order valence-electron chi connectivity index (χ4n) is 3.49. The van der Waals surface area contributed by atoms with Crippen LogP contribution in [0.5, 0.6) is 0 Å². The molecule has 1 aromatic carbocycles. The predicted octanol–water partition coefficient (Wildman–Crippen LogP) is 1.38. The number of nitrogens with one attached hydrogen (secondary N) is 1. The van der Waals surface area contributed by atoms with Crippen LogP contribution in [0.4, 0.5) is 10.6 Å². The number of nitrogens with zero attached hydrogens (tertiary/aromatic N) is 3. The van der Waals surface area contributed by atoms with Crippen LogP contribution in [0.25, 0.3) is 22.1 Å². The zero-order chi connectivity index (χ0) is 18.4. The minimum Gasteiger partial charge on any atom is -0.480 e. The third-order valence-electron chi connectivity index (χ3n) is 4.52. The van der Waals surface area contributed by atoms with Crippen molar-refractivity contribution in [1.82, 2.24) is 15.3 Å². The van der Waals surface area contributed by atoms with Crippen molar-refractivity contribution >= 4 is 39.9 Å². The van der Waals surface area contributed by atoms with Crippen LogP contribution in [0.1, 0.15) is 12.2 Å². The molecule has 0 saturated carbocycles. The number of nitrogens with two attached hydrogens (primary N) is 1. The summed E-state index contributed by atoms with van der Waals surface area (Å²) in [7, 11) is 0. The van der Waals surface area contributed by atoms with Gasteiger partial charge in [0.05, 0.1) is 6.04 Å². The van der Waals surface area contributed by atoms with Gasteiger partial charge in [0, 0.05) is 18.4 Å². The van der Waals surface area contributed by atoms with Crippen LogP contribution in [-0.4, -0.2) is 45.7 Å². The number of aromatic nitrogens is 2. The minimum absolute atomic E-state index is 0.225. The molecule has 2 amide bonds. The van der Waals surface area contributed by atoms with Crippen molar-refractivity contribution in [2.24, 2.45) is 5.73 Å². The first kappa shape index (κ1) is 16.1. The molecule has 2 atom stereocenters. The van der Waals surface area contributed by atoms with Gasteiger partial charge in [0.15, 0.2) is 11.4 Å². The van der Waals surface area contributed by atoms with Gasteiger partial charge in [-0.15, -0.1) is 0 Å². The molecule has 4 N–H and O–H groups in total. The molecule has 0 radical (unpaired) electrons. The summed E-state index contributed by atoms with van der Waals surface area (Å²) in [5.74, 6) is -0.0846. The first-order valence-electron chi connectivity index (χ1n) is 8.15. The Balaban J connectivity index is 1.86. The number of para-hydroxylation sites is 1. The number of hydrogen-bond donors (Lipinski definition) is 3. The van der Waals surface area contributed by atoms with E-state index in [0.717, 1.165) is 5.39 Å². The summed E-state index contributed by atoms with van der Waals surface area (Å²) in [6.07, 6.45) is 0.225. The Morgan fingerprint density at radius 2 is 2.12 bits per heavy atom. The lowest BCUT2D eigenvalue weighted by Gasteiger charge is -2.22. The zero-order valence-electron chi connectivity index (χ0n) is 14.0. The molecular weight excluding hydrogens is 338 g/mol. The summed E-state index contributed by atoms with van der Waals surface area (Å²) in [4.78, 5) is 33.4. The van der Waals surface area contributed by atoms with E-state index >= 15 is 0 Å². The number of aliphatic carboxylic acids is 1. The van der Waals surface area contributed by atoms with Gasteiger partial charge in [-0.2, -0.15) is 0 Å². The molecule has 4 rings (SSSR count). The lowest BCUT2D eigenvalue weighted by Crippen LogP contribution is -2.40. The first-order valence-corrected chi connectivity index (χ1v) is 8.15. The third kappa shape index (κ3) is 2.57. The molecule has 1 aliphatic rings. The molecule has 0 bridgehead atoms. The van der Waals surface area contributed by atoms with E-state index in [1.807, 2.05) is 24.3 Å². The summed E-state index contributed by atoms with van der Waals surface area (Å²) in [6, 6.07) is 5.54. The van der Waals surface area contributed by atoms with Crippen molar-refractivity contribution in [1.29, 1.82) is 0 Å². The van der Waals surface area contributed by atoms with E-state index < -0.39 is 18.0 Å². The normalized spacial score (nSPS) is 20.0. The second kappa shape index (κ2) is 5.87. The molecule has 134 valence electrons. The van der Waals surface area contributed by atoms with Crippen LogP contribution >= 0.6 is 0 Å². The number of rotatable bonds is 3. The highest BCUT2D eigenvalue weighted by Gasteiger charge is 2.39. The van der Waals surface area contributed by atoms with Crippen molar-refractivity contribution in [2.75, 3.05) is 11.4 Å². The topological polar surface area (TPSA) is 135 Å². The standard InChI is InChI=1S/C17H17N5O4/c1-8-19-13-10-4-2-3-5-12(10)26-14(13)15(20-8)22-7-9(21-17(18)25)6-11(22)16(23)24/h2-5,9,11H,6-7H2,1H3,(H,23,24)(H3,18,21,25)/t9-,11-/m0/s1. The SMILES string of the molecule is Cc1nc(N2C[C@@H](NC(N)=O)C[C@H]2C(=O)O)c2oc3ccccc3c2n1. The number of anilines is 1. The van der Waals surface area contributed by atoms with Crippen molar-refractivity contribution in [3.05, 3.63) is 30.1 Å². The number of benzene rings is 1. The molecule has 9 heteroatoms. The molecule has 1 aliphatic heterocycles. The summed E-state index contributed by atoms with van der Waals surface area (Å²) < 4.78 is 5.92. The van der Waals surface area contributed by atoms with E-state index in [-0.39, 0.29) is 19.0 Å². The first-order chi connectivity index (χ1) is 12.4.